The lowest BCUT2D eigenvalue weighted by atomic mass is 9.96. The average Bonchev–Trinajstić information content (AvgIpc) is 2.72. The average molecular weight is 393 g/mol. The standard InChI is InChI=1S/C26H36N2O/c1-5-26(29)28(19-23-9-7-6-8-10-23)24-11-14-27(15-12-24)16-13-25-21(3)17-20(2)18-22(25)4/h6-10,17-18,24H,5,11-16,19H2,1-4H3. The highest BCUT2D eigenvalue weighted by atomic mass is 16.2. The molecule has 156 valence electrons. The summed E-state index contributed by atoms with van der Waals surface area (Å²) in [6.45, 7) is 12.6. The fourth-order valence-corrected chi connectivity index (χ4v) is 4.73. The van der Waals surface area contributed by atoms with E-state index in [0.717, 1.165) is 45.4 Å². The summed E-state index contributed by atoms with van der Waals surface area (Å²) in [5.74, 6) is 0.276. The molecule has 0 aromatic heterocycles. The van der Waals surface area contributed by atoms with Crippen LogP contribution in [-0.2, 0) is 17.8 Å². The van der Waals surface area contributed by atoms with Crippen LogP contribution in [-0.4, -0.2) is 41.4 Å². The normalized spacial score (nSPS) is 15.4. The molecule has 1 fully saturated rings. The SMILES string of the molecule is CCC(=O)N(Cc1ccccc1)C1CCN(CCc2c(C)cc(C)cc2C)CC1. The van der Waals surface area contributed by atoms with Crippen molar-refractivity contribution in [2.45, 2.75) is 66.0 Å². The molecule has 1 saturated heterocycles. The van der Waals surface area contributed by atoms with E-state index in [0.29, 0.717) is 12.5 Å². The number of hydrogen-bond donors (Lipinski definition) is 0. The van der Waals surface area contributed by atoms with Gasteiger partial charge in [0, 0.05) is 38.6 Å². The second kappa shape index (κ2) is 10.1. The summed E-state index contributed by atoms with van der Waals surface area (Å²) in [5.41, 5.74) is 6.91. The number of carbonyl (C=O) groups excluding carboxylic acids is 1. The topological polar surface area (TPSA) is 23.6 Å². The highest BCUT2D eigenvalue weighted by Gasteiger charge is 2.27. The number of hydrogen-bond acceptors (Lipinski definition) is 2. The molecule has 3 heteroatoms. The second-order valence-corrected chi connectivity index (χ2v) is 8.56. The number of nitrogens with zero attached hydrogens (tertiary/aromatic N) is 2. The first kappa shape index (κ1) is 21.6. The van der Waals surface area contributed by atoms with Gasteiger partial charge in [0.15, 0.2) is 0 Å². The zero-order valence-electron chi connectivity index (χ0n) is 18.6. The number of carbonyl (C=O) groups is 1. The summed E-state index contributed by atoms with van der Waals surface area (Å²) in [4.78, 5) is 17.3. The smallest absolute Gasteiger partial charge is 0.222 e. The van der Waals surface area contributed by atoms with Gasteiger partial charge in [-0.15, -0.1) is 0 Å². The van der Waals surface area contributed by atoms with Crippen LogP contribution < -0.4 is 0 Å². The van der Waals surface area contributed by atoms with Crippen LogP contribution in [0.25, 0.3) is 0 Å². The van der Waals surface area contributed by atoms with Crippen molar-refractivity contribution in [2.24, 2.45) is 0 Å². The van der Waals surface area contributed by atoms with E-state index in [1.54, 1.807) is 0 Å². The maximum Gasteiger partial charge on any atom is 0.222 e. The molecular formula is C26H36N2O. The minimum atomic E-state index is 0.276. The molecule has 0 saturated carbocycles. The van der Waals surface area contributed by atoms with Gasteiger partial charge in [0.2, 0.25) is 5.91 Å². The van der Waals surface area contributed by atoms with Crippen molar-refractivity contribution in [3.63, 3.8) is 0 Å². The molecule has 0 unspecified atom stereocenters. The van der Waals surface area contributed by atoms with Crippen molar-refractivity contribution in [3.8, 4) is 0 Å². The van der Waals surface area contributed by atoms with Gasteiger partial charge in [0.25, 0.3) is 0 Å². The highest BCUT2D eigenvalue weighted by molar-refractivity contribution is 5.76. The van der Waals surface area contributed by atoms with Crippen LogP contribution in [0.5, 0.6) is 0 Å². The molecule has 3 nitrogen and oxygen atoms in total. The Morgan fingerprint density at radius 1 is 1.03 bits per heavy atom. The van der Waals surface area contributed by atoms with Crippen molar-refractivity contribution in [2.75, 3.05) is 19.6 Å². The van der Waals surface area contributed by atoms with Gasteiger partial charge in [-0.3, -0.25) is 4.79 Å². The third-order valence-corrected chi connectivity index (χ3v) is 6.33. The fraction of sp³-hybridized carbons (Fsp3) is 0.500. The molecule has 29 heavy (non-hydrogen) atoms. The van der Waals surface area contributed by atoms with Crippen molar-refractivity contribution in [3.05, 3.63) is 70.3 Å². The zero-order chi connectivity index (χ0) is 20.8. The molecule has 0 N–H and O–H groups in total. The van der Waals surface area contributed by atoms with Gasteiger partial charge in [0.05, 0.1) is 0 Å². The largest absolute Gasteiger partial charge is 0.335 e. The predicted octanol–water partition coefficient (Wildman–Crippen LogP) is 5.06. The van der Waals surface area contributed by atoms with Gasteiger partial charge in [-0.25, -0.2) is 0 Å². The number of piperidine rings is 1. The van der Waals surface area contributed by atoms with E-state index in [-0.39, 0.29) is 5.91 Å². The van der Waals surface area contributed by atoms with E-state index in [2.05, 4.69) is 67.0 Å². The molecule has 1 heterocycles. The summed E-state index contributed by atoms with van der Waals surface area (Å²) in [6, 6.07) is 15.4. The molecule has 0 spiro atoms. The molecule has 0 bridgehead atoms. The Hall–Kier alpha value is -2.13. The Morgan fingerprint density at radius 2 is 1.66 bits per heavy atom. The number of benzene rings is 2. The van der Waals surface area contributed by atoms with Crippen LogP contribution in [0, 0.1) is 20.8 Å². The van der Waals surface area contributed by atoms with Crippen LogP contribution in [0.15, 0.2) is 42.5 Å². The van der Waals surface area contributed by atoms with Crippen molar-refractivity contribution in [1.29, 1.82) is 0 Å². The second-order valence-electron chi connectivity index (χ2n) is 8.56. The Kier molecular flexibility index (Phi) is 7.49. The summed E-state index contributed by atoms with van der Waals surface area (Å²) in [7, 11) is 0. The quantitative estimate of drug-likeness (QED) is 0.658. The van der Waals surface area contributed by atoms with Gasteiger partial charge in [0.1, 0.15) is 0 Å². The lowest BCUT2D eigenvalue weighted by Gasteiger charge is -2.39. The van der Waals surface area contributed by atoms with Crippen molar-refractivity contribution < 1.29 is 4.79 Å². The predicted molar refractivity (Wildman–Crippen MR) is 121 cm³/mol. The van der Waals surface area contributed by atoms with Crippen LogP contribution in [0.1, 0.15) is 54.0 Å². The minimum Gasteiger partial charge on any atom is -0.335 e. The first-order valence-corrected chi connectivity index (χ1v) is 11.1. The van der Waals surface area contributed by atoms with Crippen molar-refractivity contribution in [1.82, 2.24) is 9.80 Å². The third-order valence-electron chi connectivity index (χ3n) is 6.33. The van der Waals surface area contributed by atoms with Crippen LogP contribution in [0.4, 0.5) is 0 Å². The molecular weight excluding hydrogens is 356 g/mol. The number of amides is 1. The number of rotatable bonds is 7. The Morgan fingerprint density at radius 3 is 2.24 bits per heavy atom. The van der Waals surface area contributed by atoms with Gasteiger partial charge in [-0.2, -0.15) is 0 Å². The summed E-state index contributed by atoms with van der Waals surface area (Å²) >= 11 is 0. The molecule has 1 aliphatic heterocycles. The molecule has 2 aromatic carbocycles. The monoisotopic (exact) mass is 392 g/mol. The molecule has 3 rings (SSSR count). The van der Waals surface area contributed by atoms with E-state index in [9.17, 15) is 4.79 Å². The molecule has 1 aliphatic rings. The van der Waals surface area contributed by atoms with Crippen molar-refractivity contribution >= 4 is 5.91 Å². The number of aryl methyl sites for hydroxylation is 3. The molecule has 1 amide bonds. The molecule has 0 radical (unpaired) electrons. The Labute approximate surface area is 176 Å². The third kappa shape index (κ3) is 5.70. The maximum absolute atomic E-state index is 12.6. The van der Waals surface area contributed by atoms with Gasteiger partial charge < -0.3 is 9.80 Å². The lowest BCUT2D eigenvalue weighted by Crippen LogP contribution is -2.47. The first-order chi connectivity index (χ1) is 14.0. The summed E-state index contributed by atoms with van der Waals surface area (Å²) < 4.78 is 0. The minimum absolute atomic E-state index is 0.276. The van der Waals surface area contributed by atoms with E-state index < -0.39 is 0 Å². The summed E-state index contributed by atoms with van der Waals surface area (Å²) in [5, 5.41) is 0. The maximum atomic E-state index is 12.6. The van der Waals surface area contributed by atoms with E-state index in [1.165, 1.54) is 27.8 Å². The van der Waals surface area contributed by atoms with E-state index >= 15 is 0 Å². The lowest BCUT2D eigenvalue weighted by molar-refractivity contribution is -0.135. The summed E-state index contributed by atoms with van der Waals surface area (Å²) in [6.07, 6.45) is 3.85. The zero-order valence-corrected chi connectivity index (χ0v) is 18.6. The number of likely N-dealkylation sites (tertiary alicyclic amines) is 1. The molecule has 2 aromatic rings. The van der Waals surface area contributed by atoms with E-state index in [1.807, 2.05) is 13.0 Å². The fourth-order valence-electron chi connectivity index (χ4n) is 4.73. The molecule has 0 aliphatic carbocycles. The Balaban J connectivity index is 1.56. The highest BCUT2D eigenvalue weighted by Crippen LogP contribution is 2.22. The van der Waals surface area contributed by atoms with Crippen LogP contribution in [0.3, 0.4) is 0 Å². The van der Waals surface area contributed by atoms with Gasteiger partial charge >= 0.3 is 0 Å². The van der Waals surface area contributed by atoms with E-state index in [4.69, 9.17) is 0 Å². The first-order valence-electron chi connectivity index (χ1n) is 11.1. The van der Waals surface area contributed by atoms with Gasteiger partial charge in [-0.1, -0.05) is 55.0 Å². The Bertz CT molecular complexity index is 784. The van der Waals surface area contributed by atoms with Crippen LogP contribution in [0.2, 0.25) is 0 Å². The van der Waals surface area contributed by atoms with Gasteiger partial charge in [-0.05, 0) is 62.3 Å². The molecule has 0 atom stereocenters. The van der Waals surface area contributed by atoms with Crippen LogP contribution >= 0.6 is 0 Å².